The fraction of sp³-hybridized carbons (Fsp3) is 0.562. The summed E-state index contributed by atoms with van der Waals surface area (Å²) in [4.78, 5) is 12.3. The molecule has 17 heavy (non-hydrogen) atoms. The molecule has 0 fully saturated rings. The first-order valence-corrected chi connectivity index (χ1v) is 6.31. The van der Waals surface area contributed by atoms with Crippen LogP contribution < -0.4 is 0 Å². The summed E-state index contributed by atoms with van der Waals surface area (Å²) >= 11 is 0. The summed E-state index contributed by atoms with van der Waals surface area (Å²) in [7, 11) is 0. The first-order chi connectivity index (χ1) is 7.75. The van der Waals surface area contributed by atoms with E-state index < -0.39 is 0 Å². The van der Waals surface area contributed by atoms with Gasteiger partial charge in [-0.05, 0) is 50.8 Å². The van der Waals surface area contributed by atoms with E-state index in [0.717, 1.165) is 11.1 Å². The molecule has 0 aromatic rings. The number of carbonyl (C=O) groups is 1. The fourth-order valence-electron chi connectivity index (χ4n) is 2.79. The topological polar surface area (TPSA) is 17.1 Å². The molecule has 0 amide bonds. The average molecular weight is 232 g/mol. The molecular weight excluding hydrogens is 208 g/mol. The van der Waals surface area contributed by atoms with E-state index in [4.69, 9.17) is 0 Å². The molecule has 0 aromatic heterocycles. The Bertz CT molecular complexity index is 430. The van der Waals surface area contributed by atoms with Crippen molar-refractivity contribution in [2.24, 2.45) is 11.3 Å². The Labute approximate surface area is 105 Å². The third-order valence-corrected chi connectivity index (χ3v) is 4.47. The van der Waals surface area contributed by atoms with E-state index in [-0.39, 0.29) is 11.2 Å². The van der Waals surface area contributed by atoms with Crippen molar-refractivity contribution in [1.29, 1.82) is 0 Å². The summed E-state index contributed by atoms with van der Waals surface area (Å²) in [6.45, 7) is 14.8. The van der Waals surface area contributed by atoms with E-state index in [9.17, 15) is 4.79 Å². The van der Waals surface area contributed by atoms with Gasteiger partial charge in [0.1, 0.15) is 0 Å². The molecular formula is C16H24O. The lowest BCUT2D eigenvalue weighted by molar-refractivity contribution is -0.112. The number of rotatable bonds is 2. The van der Waals surface area contributed by atoms with Crippen molar-refractivity contribution in [3.63, 3.8) is 0 Å². The molecule has 94 valence electrons. The predicted octanol–water partition coefficient (Wildman–Crippen LogP) is 4.46. The van der Waals surface area contributed by atoms with Crippen LogP contribution in [0.2, 0.25) is 0 Å². The highest BCUT2D eigenvalue weighted by Gasteiger charge is 2.39. The maximum absolute atomic E-state index is 12.3. The molecule has 0 aromatic carbocycles. The first kappa shape index (κ1) is 14.0. The third-order valence-electron chi connectivity index (χ3n) is 4.47. The number of hydrogen-bond donors (Lipinski definition) is 0. The molecule has 0 saturated carbocycles. The van der Waals surface area contributed by atoms with Crippen LogP contribution in [0.25, 0.3) is 0 Å². The number of hydrogen-bond acceptors (Lipinski definition) is 1. The predicted molar refractivity (Wildman–Crippen MR) is 73.8 cm³/mol. The van der Waals surface area contributed by atoms with E-state index in [1.807, 2.05) is 13.0 Å². The van der Waals surface area contributed by atoms with Gasteiger partial charge in [-0.2, -0.15) is 0 Å². The summed E-state index contributed by atoms with van der Waals surface area (Å²) < 4.78 is 0. The van der Waals surface area contributed by atoms with Gasteiger partial charge in [0.15, 0.2) is 5.78 Å². The summed E-state index contributed by atoms with van der Waals surface area (Å²) in [6, 6.07) is 0. The lowest BCUT2D eigenvalue weighted by Gasteiger charge is -2.40. The zero-order valence-corrected chi connectivity index (χ0v) is 12.1. The molecule has 0 spiro atoms. The van der Waals surface area contributed by atoms with Crippen LogP contribution in [0.15, 0.2) is 34.4 Å². The second kappa shape index (κ2) is 4.64. The molecule has 0 N–H and O–H groups in total. The second-order valence-electron chi connectivity index (χ2n) is 5.62. The van der Waals surface area contributed by atoms with Crippen LogP contribution in [0.4, 0.5) is 0 Å². The van der Waals surface area contributed by atoms with Gasteiger partial charge in [0.2, 0.25) is 0 Å². The van der Waals surface area contributed by atoms with Gasteiger partial charge in [-0.25, -0.2) is 0 Å². The summed E-state index contributed by atoms with van der Waals surface area (Å²) in [5.41, 5.74) is 4.75. The standard InChI is InChI=1S/C16H24O/c1-8-9-14(17)15-12(4)10(2)11(3)13(5)16(15,6)7/h8-9,13H,1-7H3. The van der Waals surface area contributed by atoms with Crippen LogP contribution in [0.5, 0.6) is 0 Å². The molecule has 0 saturated heterocycles. The number of allylic oxidation sites excluding steroid dienone is 6. The summed E-state index contributed by atoms with van der Waals surface area (Å²) in [5, 5.41) is 0. The maximum Gasteiger partial charge on any atom is 0.182 e. The molecule has 1 rings (SSSR count). The van der Waals surface area contributed by atoms with Crippen molar-refractivity contribution in [2.45, 2.75) is 48.5 Å². The highest BCUT2D eigenvalue weighted by molar-refractivity contribution is 6.06. The van der Waals surface area contributed by atoms with Crippen LogP contribution in [-0.4, -0.2) is 5.78 Å². The first-order valence-electron chi connectivity index (χ1n) is 6.31. The fourth-order valence-corrected chi connectivity index (χ4v) is 2.79. The number of ketones is 1. The smallest absolute Gasteiger partial charge is 0.182 e. The van der Waals surface area contributed by atoms with Crippen molar-refractivity contribution in [1.82, 2.24) is 0 Å². The molecule has 0 aliphatic heterocycles. The Morgan fingerprint density at radius 2 is 1.71 bits per heavy atom. The zero-order valence-electron chi connectivity index (χ0n) is 12.1. The van der Waals surface area contributed by atoms with Crippen LogP contribution in [0, 0.1) is 11.3 Å². The Morgan fingerprint density at radius 1 is 1.18 bits per heavy atom. The van der Waals surface area contributed by atoms with Crippen molar-refractivity contribution in [3.05, 3.63) is 34.4 Å². The minimum Gasteiger partial charge on any atom is -0.290 e. The molecule has 1 unspecified atom stereocenters. The molecule has 1 aliphatic carbocycles. The minimum absolute atomic E-state index is 0.0791. The highest BCUT2D eigenvalue weighted by Crippen LogP contribution is 2.47. The molecule has 0 heterocycles. The van der Waals surface area contributed by atoms with Crippen LogP contribution in [0.1, 0.15) is 48.5 Å². The van der Waals surface area contributed by atoms with E-state index >= 15 is 0 Å². The molecule has 0 radical (unpaired) electrons. The Kier molecular flexibility index (Phi) is 3.81. The SMILES string of the molecule is CC=CC(=O)C1=C(C)C(C)=C(C)C(C)C1(C)C. The lowest BCUT2D eigenvalue weighted by Crippen LogP contribution is -2.33. The van der Waals surface area contributed by atoms with Gasteiger partial charge < -0.3 is 0 Å². The number of carbonyl (C=O) groups excluding carboxylic acids is 1. The second-order valence-corrected chi connectivity index (χ2v) is 5.62. The Hall–Kier alpha value is -1.11. The quantitative estimate of drug-likeness (QED) is 0.642. The van der Waals surface area contributed by atoms with Gasteiger partial charge in [-0.15, -0.1) is 0 Å². The minimum atomic E-state index is -0.0791. The van der Waals surface area contributed by atoms with Crippen molar-refractivity contribution < 1.29 is 4.79 Å². The summed E-state index contributed by atoms with van der Waals surface area (Å²) in [5.74, 6) is 0.573. The molecule has 1 nitrogen and oxygen atoms in total. The van der Waals surface area contributed by atoms with Gasteiger partial charge in [0.05, 0.1) is 0 Å². The van der Waals surface area contributed by atoms with Crippen molar-refractivity contribution >= 4 is 5.78 Å². The summed E-state index contributed by atoms with van der Waals surface area (Å²) in [6.07, 6.45) is 3.51. The maximum atomic E-state index is 12.3. The largest absolute Gasteiger partial charge is 0.290 e. The van der Waals surface area contributed by atoms with Crippen molar-refractivity contribution in [3.8, 4) is 0 Å². The van der Waals surface area contributed by atoms with Gasteiger partial charge in [-0.1, -0.05) is 32.4 Å². The lowest BCUT2D eigenvalue weighted by atomic mass is 9.63. The zero-order chi connectivity index (χ0) is 13.4. The Balaban J connectivity index is 3.46. The van der Waals surface area contributed by atoms with E-state index in [1.165, 1.54) is 11.1 Å². The third kappa shape index (κ3) is 2.15. The van der Waals surface area contributed by atoms with Gasteiger partial charge in [0, 0.05) is 11.0 Å². The molecule has 1 aliphatic rings. The van der Waals surface area contributed by atoms with Crippen molar-refractivity contribution in [2.75, 3.05) is 0 Å². The molecule has 1 atom stereocenters. The van der Waals surface area contributed by atoms with Crippen LogP contribution in [-0.2, 0) is 4.79 Å². The monoisotopic (exact) mass is 232 g/mol. The van der Waals surface area contributed by atoms with E-state index in [1.54, 1.807) is 6.08 Å². The van der Waals surface area contributed by atoms with E-state index in [0.29, 0.717) is 5.92 Å². The van der Waals surface area contributed by atoms with E-state index in [2.05, 4.69) is 41.5 Å². The van der Waals surface area contributed by atoms with Gasteiger partial charge >= 0.3 is 0 Å². The normalized spacial score (nSPS) is 24.8. The van der Waals surface area contributed by atoms with Gasteiger partial charge in [-0.3, -0.25) is 4.79 Å². The highest BCUT2D eigenvalue weighted by atomic mass is 16.1. The molecule has 0 bridgehead atoms. The average Bonchev–Trinajstić information content (AvgIpc) is 2.24. The van der Waals surface area contributed by atoms with Crippen LogP contribution in [0.3, 0.4) is 0 Å². The van der Waals surface area contributed by atoms with Crippen LogP contribution >= 0.6 is 0 Å². The Morgan fingerprint density at radius 3 is 2.18 bits per heavy atom. The van der Waals surface area contributed by atoms with Gasteiger partial charge in [0.25, 0.3) is 0 Å². The molecule has 1 heteroatoms.